The van der Waals surface area contributed by atoms with Crippen molar-refractivity contribution in [1.82, 2.24) is 4.72 Å². The van der Waals surface area contributed by atoms with E-state index < -0.39 is 27.9 Å². The highest BCUT2D eigenvalue weighted by molar-refractivity contribution is 9.11. The lowest BCUT2D eigenvalue weighted by Crippen LogP contribution is -2.45. The molecule has 3 rings (SSSR count). The molecule has 0 spiro atoms. The van der Waals surface area contributed by atoms with Crippen LogP contribution in [-0.2, 0) is 26.0 Å². The largest absolute Gasteiger partial charge is 0.465 e. The predicted molar refractivity (Wildman–Crippen MR) is 123 cm³/mol. The lowest BCUT2D eigenvalue weighted by atomic mass is 10.1. The topological polar surface area (TPSA) is 102 Å². The number of esters is 1. The van der Waals surface area contributed by atoms with Crippen molar-refractivity contribution < 1.29 is 22.7 Å². The number of hydrogen-bond donors (Lipinski definition) is 2. The fourth-order valence-corrected chi connectivity index (χ4v) is 5.98. The van der Waals surface area contributed by atoms with E-state index in [0.29, 0.717) is 15.0 Å². The Balaban J connectivity index is 1.81. The average Bonchev–Trinajstić information content (AvgIpc) is 3.21. The number of anilines is 1. The van der Waals surface area contributed by atoms with Crippen LogP contribution < -0.4 is 10.0 Å². The number of nitrogens with one attached hydrogen (secondary N) is 2. The second kappa shape index (κ2) is 10.2. The normalized spacial score (nSPS) is 12.2. The molecule has 0 saturated heterocycles. The molecule has 162 valence electrons. The van der Waals surface area contributed by atoms with Crippen molar-refractivity contribution in [1.29, 1.82) is 0 Å². The monoisotopic (exact) mass is 522 g/mol. The maximum atomic E-state index is 13.0. The molecular weight excluding hydrogens is 504 g/mol. The Bertz CT molecular complexity index is 1160. The maximum Gasteiger partial charge on any atom is 0.337 e. The minimum atomic E-state index is -3.90. The summed E-state index contributed by atoms with van der Waals surface area (Å²) in [5, 5.41) is 2.70. The summed E-state index contributed by atoms with van der Waals surface area (Å²) in [4.78, 5) is 24.5. The third kappa shape index (κ3) is 6.23. The fraction of sp³-hybridized carbons (Fsp3) is 0.143. The number of amides is 1. The Hall–Kier alpha value is -2.53. The minimum absolute atomic E-state index is 0.104. The number of thiophene rings is 1. The molecule has 2 N–H and O–H groups in total. The van der Waals surface area contributed by atoms with Crippen molar-refractivity contribution in [2.45, 2.75) is 16.7 Å². The fourth-order valence-electron chi connectivity index (χ4n) is 2.76. The zero-order chi connectivity index (χ0) is 22.4. The van der Waals surface area contributed by atoms with Crippen LogP contribution in [0.5, 0.6) is 0 Å². The maximum absolute atomic E-state index is 13.0. The zero-order valence-corrected chi connectivity index (χ0v) is 19.6. The molecule has 0 aliphatic heterocycles. The van der Waals surface area contributed by atoms with Crippen LogP contribution in [0.15, 0.2) is 74.7 Å². The van der Waals surface area contributed by atoms with E-state index in [9.17, 15) is 18.0 Å². The molecule has 10 heteroatoms. The van der Waals surface area contributed by atoms with E-state index in [0.717, 1.165) is 16.9 Å². The van der Waals surface area contributed by atoms with Gasteiger partial charge in [-0.2, -0.15) is 4.72 Å². The summed E-state index contributed by atoms with van der Waals surface area (Å²) in [5.41, 5.74) is 1.57. The molecule has 1 atom stereocenters. The van der Waals surface area contributed by atoms with Gasteiger partial charge in [0.2, 0.25) is 5.91 Å². The SMILES string of the molecule is COC(=O)c1ccc(NC(=O)C(Cc2ccccc2)NS(=O)(=O)c2ccc(Br)s2)cc1. The number of carbonyl (C=O) groups excluding carboxylic acids is 2. The van der Waals surface area contributed by atoms with Gasteiger partial charge in [-0.1, -0.05) is 30.3 Å². The number of ether oxygens (including phenoxy) is 1. The van der Waals surface area contributed by atoms with Gasteiger partial charge in [0.25, 0.3) is 10.0 Å². The van der Waals surface area contributed by atoms with Crippen molar-refractivity contribution in [3.05, 3.63) is 81.6 Å². The second-order valence-electron chi connectivity index (χ2n) is 6.48. The lowest BCUT2D eigenvalue weighted by Gasteiger charge is -2.18. The first-order valence-corrected chi connectivity index (χ1v) is 12.2. The Morgan fingerprint density at radius 1 is 1.03 bits per heavy atom. The Morgan fingerprint density at radius 3 is 2.29 bits per heavy atom. The number of rotatable bonds is 8. The summed E-state index contributed by atoms with van der Waals surface area (Å²) in [5.74, 6) is -1.01. The Morgan fingerprint density at radius 2 is 1.71 bits per heavy atom. The van der Waals surface area contributed by atoms with Gasteiger partial charge in [-0.25, -0.2) is 13.2 Å². The molecule has 0 radical (unpaired) electrons. The van der Waals surface area contributed by atoms with Crippen molar-refractivity contribution in [3.8, 4) is 0 Å². The molecular formula is C21H19BrN2O5S2. The van der Waals surface area contributed by atoms with Crippen molar-refractivity contribution in [3.63, 3.8) is 0 Å². The van der Waals surface area contributed by atoms with Crippen molar-refractivity contribution in [2.24, 2.45) is 0 Å². The van der Waals surface area contributed by atoms with E-state index in [-0.39, 0.29) is 10.6 Å². The van der Waals surface area contributed by atoms with E-state index in [2.05, 4.69) is 30.7 Å². The lowest BCUT2D eigenvalue weighted by molar-refractivity contribution is -0.117. The smallest absolute Gasteiger partial charge is 0.337 e. The van der Waals surface area contributed by atoms with Crippen molar-refractivity contribution in [2.75, 3.05) is 12.4 Å². The van der Waals surface area contributed by atoms with Crippen LogP contribution >= 0.6 is 27.3 Å². The highest BCUT2D eigenvalue weighted by atomic mass is 79.9. The first kappa shape index (κ1) is 23.1. The second-order valence-corrected chi connectivity index (χ2v) is 10.9. The number of benzene rings is 2. The number of methoxy groups -OCH3 is 1. The highest BCUT2D eigenvalue weighted by Gasteiger charge is 2.27. The molecule has 0 fully saturated rings. The minimum Gasteiger partial charge on any atom is -0.465 e. The van der Waals surface area contributed by atoms with Crippen LogP contribution in [0.25, 0.3) is 0 Å². The third-order valence-corrected chi connectivity index (χ3v) is 7.87. The molecule has 1 aromatic heterocycles. The quantitative estimate of drug-likeness (QED) is 0.437. The summed E-state index contributed by atoms with van der Waals surface area (Å²) < 4.78 is 33.5. The molecule has 3 aromatic rings. The van der Waals surface area contributed by atoms with E-state index in [1.807, 2.05) is 30.3 Å². The van der Waals surface area contributed by atoms with E-state index in [1.165, 1.54) is 25.3 Å². The van der Waals surface area contributed by atoms with Gasteiger partial charge < -0.3 is 10.1 Å². The van der Waals surface area contributed by atoms with Gasteiger partial charge in [-0.05, 0) is 64.3 Å². The molecule has 0 aliphatic carbocycles. The van der Waals surface area contributed by atoms with Crippen LogP contribution in [0.4, 0.5) is 5.69 Å². The Labute approximate surface area is 192 Å². The first-order chi connectivity index (χ1) is 14.8. The summed E-state index contributed by atoms with van der Waals surface area (Å²) in [6.07, 6.45) is 0.165. The number of halogens is 1. The van der Waals surface area contributed by atoms with E-state index in [1.54, 1.807) is 18.2 Å². The molecule has 1 unspecified atom stereocenters. The third-order valence-electron chi connectivity index (χ3n) is 4.28. The number of carbonyl (C=O) groups is 2. The van der Waals surface area contributed by atoms with E-state index in [4.69, 9.17) is 0 Å². The van der Waals surface area contributed by atoms with Crippen molar-refractivity contribution >= 4 is 54.9 Å². The molecule has 1 heterocycles. The molecule has 0 bridgehead atoms. The molecule has 1 amide bonds. The highest BCUT2D eigenvalue weighted by Crippen LogP contribution is 2.26. The van der Waals surface area contributed by atoms with Gasteiger partial charge >= 0.3 is 5.97 Å². The van der Waals surface area contributed by atoms with Gasteiger partial charge in [0.05, 0.1) is 16.5 Å². The molecule has 0 saturated carbocycles. The van der Waals surface area contributed by atoms with Gasteiger partial charge in [-0.3, -0.25) is 4.79 Å². The Kier molecular flexibility index (Phi) is 7.60. The summed E-state index contributed by atoms with van der Waals surface area (Å²) in [6, 6.07) is 17.3. The molecule has 0 aliphatic rings. The molecule has 31 heavy (non-hydrogen) atoms. The zero-order valence-electron chi connectivity index (χ0n) is 16.4. The predicted octanol–water partition coefficient (Wildman–Crippen LogP) is 3.83. The van der Waals surface area contributed by atoms with E-state index >= 15 is 0 Å². The summed E-state index contributed by atoms with van der Waals surface area (Å²) in [7, 11) is -2.62. The summed E-state index contributed by atoms with van der Waals surface area (Å²) >= 11 is 4.31. The first-order valence-electron chi connectivity index (χ1n) is 9.09. The standard InChI is InChI=1S/C21H19BrN2O5S2/c1-29-21(26)15-7-9-16(10-8-15)23-20(25)17(13-14-5-3-2-4-6-14)24-31(27,28)19-12-11-18(22)30-19/h2-12,17,24H,13H2,1H3,(H,23,25). The number of sulfonamides is 1. The molecule has 2 aromatic carbocycles. The van der Waals surface area contributed by atoms with Gasteiger partial charge in [0.15, 0.2) is 0 Å². The number of hydrogen-bond acceptors (Lipinski definition) is 6. The van der Waals surface area contributed by atoms with Gasteiger partial charge in [0.1, 0.15) is 10.3 Å². The van der Waals surface area contributed by atoms with Gasteiger partial charge in [0, 0.05) is 5.69 Å². The average molecular weight is 523 g/mol. The van der Waals surface area contributed by atoms with Crippen LogP contribution in [0.1, 0.15) is 15.9 Å². The molecule has 7 nitrogen and oxygen atoms in total. The van der Waals surface area contributed by atoms with Crippen LogP contribution in [0.3, 0.4) is 0 Å². The van der Waals surface area contributed by atoms with Crippen LogP contribution in [0.2, 0.25) is 0 Å². The van der Waals surface area contributed by atoms with Crippen LogP contribution in [-0.4, -0.2) is 33.4 Å². The summed E-state index contributed by atoms with van der Waals surface area (Å²) in [6.45, 7) is 0. The van der Waals surface area contributed by atoms with Crippen LogP contribution in [0, 0.1) is 0 Å². The van der Waals surface area contributed by atoms with Gasteiger partial charge in [-0.15, -0.1) is 11.3 Å².